The van der Waals surface area contributed by atoms with E-state index in [9.17, 15) is 0 Å². The highest BCUT2D eigenvalue weighted by Crippen LogP contribution is 2.02. The van der Waals surface area contributed by atoms with E-state index >= 15 is 0 Å². The summed E-state index contributed by atoms with van der Waals surface area (Å²) in [6.45, 7) is 8.56. The molecule has 2 rings (SSSR count). The van der Waals surface area contributed by atoms with Crippen LogP contribution in [0.15, 0.2) is 60.7 Å². The molecule has 160 valence electrons. The van der Waals surface area contributed by atoms with Crippen LogP contribution in [0.5, 0.6) is 0 Å². The minimum atomic E-state index is 0.0181. The predicted octanol–water partition coefficient (Wildman–Crippen LogP) is 4.25. The van der Waals surface area contributed by atoms with Gasteiger partial charge in [-0.2, -0.15) is 0 Å². The fourth-order valence-electron chi connectivity index (χ4n) is 2.60. The van der Waals surface area contributed by atoms with Crippen molar-refractivity contribution in [1.82, 2.24) is 0 Å². The van der Waals surface area contributed by atoms with E-state index in [1.807, 2.05) is 50.2 Å². The lowest BCUT2D eigenvalue weighted by atomic mass is 10.2. The van der Waals surface area contributed by atoms with Gasteiger partial charge in [0.1, 0.15) is 0 Å². The van der Waals surface area contributed by atoms with E-state index in [0.29, 0.717) is 52.9 Å². The van der Waals surface area contributed by atoms with Crippen molar-refractivity contribution in [1.29, 1.82) is 0 Å². The molecule has 0 aromatic heterocycles. The summed E-state index contributed by atoms with van der Waals surface area (Å²) in [5.41, 5.74) is 2.34. The number of ether oxygens (including phenoxy) is 5. The van der Waals surface area contributed by atoms with Gasteiger partial charge in [-0.15, -0.1) is 0 Å². The lowest BCUT2D eigenvalue weighted by Gasteiger charge is -2.18. The van der Waals surface area contributed by atoms with Gasteiger partial charge in [-0.25, -0.2) is 0 Å². The average Bonchev–Trinajstić information content (AvgIpc) is 2.76. The number of rotatable bonds is 16. The standard InChI is InChI=1S/C24H34O5/c1-21(17-25-13-14-26-19-23-9-5-3-6-10-23)29-18-22(2)28-16-15-27-20-24-11-7-4-8-12-24/h3-12,21-22H,13-20H2,1-2H3. The van der Waals surface area contributed by atoms with Crippen LogP contribution in [-0.2, 0) is 36.9 Å². The van der Waals surface area contributed by atoms with Gasteiger partial charge in [-0.1, -0.05) is 60.7 Å². The molecule has 0 fully saturated rings. The average molecular weight is 403 g/mol. The minimum Gasteiger partial charge on any atom is -0.376 e. The van der Waals surface area contributed by atoms with Crippen LogP contribution in [0.2, 0.25) is 0 Å². The largest absolute Gasteiger partial charge is 0.376 e. The van der Waals surface area contributed by atoms with Crippen LogP contribution in [0.1, 0.15) is 25.0 Å². The van der Waals surface area contributed by atoms with Crippen molar-refractivity contribution in [2.75, 3.05) is 39.6 Å². The minimum absolute atomic E-state index is 0.0181. The highest BCUT2D eigenvalue weighted by Gasteiger charge is 2.07. The zero-order valence-corrected chi connectivity index (χ0v) is 17.6. The molecule has 0 saturated heterocycles. The number of benzene rings is 2. The fourth-order valence-corrected chi connectivity index (χ4v) is 2.60. The highest BCUT2D eigenvalue weighted by atomic mass is 16.6. The van der Waals surface area contributed by atoms with Gasteiger partial charge in [0.15, 0.2) is 0 Å². The third-order valence-corrected chi connectivity index (χ3v) is 4.19. The molecule has 5 nitrogen and oxygen atoms in total. The van der Waals surface area contributed by atoms with E-state index < -0.39 is 0 Å². The summed E-state index contributed by atoms with van der Waals surface area (Å²) in [5, 5.41) is 0. The van der Waals surface area contributed by atoms with Gasteiger partial charge in [-0.3, -0.25) is 0 Å². The van der Waals surface area contributed by atoms with Gasteiger partial charge >= 0.3 is 0 Å². The maximum absolute atomic E-state index is 5.77. The summed E-state index contributed by atoms with van der Waals surface area (Å²) >= 11 is 0. The van der Waals surface area contributed by atoms with Crippen molar-refractivity contribution in [3.8, 4) is 0 Å². The molecule has 2 unspecified atom stereocenters. The third-order valence-electron chi connectivity index (χ3n) is 4.19. The molecule has 0 amide bonds. The normalized spacial score (nSPS) is 13.3. The van der Waals surface area contributed by atoms with E-state index in [2.05, 4.69) is 24.3 Å². The first kappa shape index (κ1) is 23.5. The van der Waals surface area contributed by atoms with Crippen molar-refractivity contribution in [3.05, 3.63) is 71.8 Å². The van der Waals surface area contributed by atoms with Gasteiger partial charge < -0.3 is 23.7 Å². The Morgan fingerprint density at radius 3 is 1.62 bits per heavy atom. The zero-order valence-electron chi connectivity index (χ0n) is 17.6. The first-order chi connectivity index (χ1) is 14.2. The van der Waals surface area contributed by atoms with Crippen molar-refractivity contribution in [2.45, 2.75) is 39.3 Å². The Morgan fingerprint density at radius 2 is 1.03 bits per heavy atom. The van der Waals surface area contributed by atoms with Crippen LogP contribution in [-0.4, -0.2) is 51.8 Å². The van der Waals surface area contributed by atoms with Crippen LogP contribution < -0.4 is 0 Å². The summed E-state index contributed by atoms with van der Waals surface area (Å²) in [6, 6.07) is 20.2. The molecular formula is C24H34O5. The number of hydrogen-bond donors (Lipinski definition) is 0. The Kier molecular flexibility index (Phi) is 12.3. The lowest BCUT2D eigenvalue weighted by molar-refractivity contribution is -0.0710. The molecule has 2 aromatic carbocycles. The van der Waals surface area contributed by atoms with Crippen LogP contribution in [0.3, 0.4) is 0 Å². The maximum atomic E-state index is 5.77. The molecule has 0 aliphatic heterocycles. The molecule has 5 heteroatoms. The van der Waals surface area contributed by atoms with E-state index in [1.165, 1.54) is 11.1 Å². The van der Waals surface area contributed by atoms with Crippen molar-refractivity contribution in [2.24, 2.45) is 0 Å². The van der Waals surface area contributed by atoms with Crippen molar-refractivity contribution < 1.29 is 23.7 Å². The molecule has 29 heavy (non-hydrogen) atoms. The van der Waals surface area contributed by atoms with Crippen LogP contribution in [0.4, 0.5) is 0 Å². The summed E-state index contributed by atoms with van der Waals surface area (Å²) < 4.78 is 28.3. The smallest absolute Gasteiger partial charge is 0.0781 e. The Balaban J connectivity index is 1.38. The van der Waals surface area contributed by atoms with E-state index in [0.717, 1.165) is 0 Å². The van der Waals surface area contributed by atoms with Crippen molar-refractivity contribution in [3.63, 3.8) is 0 Å². The molecule has 0 spiro atoms. The van der Waals surface area contributed by atoms with Crippen molar-refractivity contribution >= 4 is 0 Å². The molecule has 0 radical (unpaired) electrons. The molecule has 2 aromatic rings. The second kappa shape index (κ2) is 15.1. The molecule has 0 N–H and O–H groups in total. The summed E-state index contributed by atoms with van der Waals surface area (Å²) in [4.78, 5) is 0. The summed E-state index contributed by atoms with van der Waals surface area (Å²) in [7, 11) is 0. The third kappa shape index (κ3) is 11.7. The maximum Gasteiger partial charge on any atom is 0.0781 e. The van der Waals surface area contributed by atoms with Gasteiger partial charge in [0.05, 0.1) is 65.1 Å². The SMILES string of the molecule is CC(COCCOCc1ccccc1)OCC(C)OCCOCc1ccccc1. The van der Waals surface area contributed by atoms with Gasteiger partial charge in [0.2, 0.25) is 0 Å². The second-order valence-corrected chi connectivity index (χ2v) is 6.98. The molecule has 2 atom stereocenters. The molecular weight excluding hydrogens is 368 g/mol. The monoisotopic (exact) mass is 402 g/mol. The lowest BCUT2D eigenvalue weighted by Crippen LogP contribution is -2.25. The van der Waals surface area contributed by atoms with E-state index in [4.69, 9.17) is 23.7 Å². The molecule has 0 aliphatic rings. The first-order valence-electron chi connectivity index (χ1n) is 10.3. The van der Waals surface area contributed by atoms with Crippen LogP contribution >= 0.6 is 0 Å². The predicted molar refractivity (Wildman–Crippen MR) is 114 cm³/mol. The molecule has 0 aliphatic carbocycles. The summed E-state index contributed by atoms with van der Waals surface area (Å²) in [6.07, 6.45) is 0.0384. The topological polar surface area (TPSA) is 46.2 Å². The zero-order chi connectivity index (χ0) is 20.6. The fraction of sp³-hybridized carbons (Fsp3) is 0.500. The van der Waals surface area contributed by atoms with E-state index in [-0.39, 0.29) is 12.2 Å². The van der Waals surface area contributed by atoms with Crippen LogP contribution in [0.25, 0.3) is 0 Å². The number of hydrogen-bond acceptors (Lipinski definition) is 5. The Labute approximate surface area is 174 Å². The summed E-state index contributed by atoms with van der Waals surface area (Å²) in [5.74, 6) is 0. The highest BCUT2D eigenvalue weighted by molar-refractivity contribution is 5.14. The van der Waals surface area contributed by atoms with Gasteiger partial charge in [-0.05, 0) is 25.0 Å². The first-order valence-corrected chi connectivity index (χ1v) is 10.3. The molecule has 0 bridgehead atoms. The Bertz CT molecular complexity index is 620. The van der Waals surface area contributed by atoms with Gasteiger partial charge in [0.25, 0.3) is 0 Å². The van der Waals surface area contributed by atoms with Crippen LogP contribution in [0, 0.1) is 0 Å². The second-order valence-electron chi connectivity index (χ2n) is 6.98. The van der Waals surface area contributed by atoms with E-state index in [1.54, 1.807) is 0 Å². The quantitative estimate of drug-likeness (QED) is 0.393. The molecule has 0 saturated carbocycles. The molecule has 0 heterocycles. The van der Waals surface area contributed by atoms with Gasteiger partial charge in [0, 0.05) is 0 Å². The Hall–Kier alpha value is -1.76. The Morgan fingerprint density at radius 1 is 0.552 bits per heavy atom.